The smallest absolute Gasteiger partial charge is 0.261 e. The zero-order chi connectivity index (χ0) is 23.4. The summed E-state index contributed by atoms with van der Waals surface area (Å²) in [7, 11) is 1.86. The molecule has 4 aromatic rings. The largest absolute Gasteiger partial charge is 0.370 e. The van der Waals surface area contributed by atoms with Crippen LogP contribution in [-0.2, 0) is 24.8 Å². The van der Waals surface area contributed by atoms with Crippen LogP contribution in [0.5, 0.6) is 0 Å². The molecular formula is C24H22ClFN6O2. The fraction of sp³-hybridized carbons (Fsp3) is 0.333. The maximum atomic E-state index is 15.0. The molecule has 3 aromatic heterocycles. The number of nitrogens with zero attached hydrogens (tertiary/aromatic N) is 6. The molecule has 0 radical (unpaired) electrons. The normalized spacial score (nSPS) is 18.0. The Bertz CT molecular complexity index is 1480. The molecule has 10 heteroatoms. The van der Waals surface area contributed by atoms with Crippen LogP contribution in [0.2, 0.25) is 5.02 Å². The maximum Gasteiger partial charge on any atom is 0.261 e. The molecule has 5 heterocycles. The first-order chi connectivity index (χ1) is 16.5. The maximum absolute atomic E-state index is 15.0. The van der Waals surface area contributed by atoms with E-state index in [1.807, 2.05) is 13.2 Å². The molecule has 174 valence electrons. The first-order valence-electron chi connectivity index (χ1n) is 11.2. The second-order valence-corrected chi connectivity index (χ2v) is 9.13. The molecule has 0 bridgehead atoms. The van der Waals surface area contributed by atoms with Gasteiger partial charge in [0.2, 0.25) is 0 Å². The van der Waals surface area contributed by atoms with Crippen molar-refractivity contribution in [3.63, 3.8) is 0 Å². The number of rotatable bonds is 3. The van der Waals surface area contributed by atoms with Gasteiger partial charge < -0.3 is 9.64 Å². The van der Waals surface area contributed by atoms with E-state index in [-0.39, 0.29) is 17.2 Å². The number of ether oxygens (including phenoxy) is 1. The summed E-state index contributed by atoms with van der Waals surface area (Å²) in [5, 5.41) is 4.97. The molecule has 1 aromatic carbocycles. The van der Waals surface area contributed by atoms with Gasteiger partial charge in [-0.15, -0.1) is 0 Å². The molecule has 1 saturated heterocycles. The van der Waals surface area contributed by atoms with Gasteiger partial charge >= 0.3 is 0 Å². The van der Waals surface area contributed by atoms with Crippen molar-refractivity contribution >= 4 is 28.3 Å². The van der Waals surface area contributed by atoms with Gasteiger partial charge in [-0.1, -0.05) is 11.6 Å². The zero-order valence-electron chi connectivity index (χ0n) is 18.5. The van der Waals surface area contributed by atoms with Crippen molar-refractivity contribution in [2.75, 3.05) is 24.6 Å². The summed E-state index contributed by atoms with van der Waals surface area (Å²) >= 11 is 6.00. The van der Waals surface area contributed by atoms with E-state index in [1.165, 1.54) is 6.07 Å². The predicted molar refractivity (Wildman–Crippen MR) is 127 cm³/mol. The molecular weight excluding hydrogens is 459 g/mol. The monoisotopic (exact) mass is 480 g/mol. The lowest BCUT2D eigenvalue weighted by Crippen LogP contribution is -2.39. The number of aryl methyl sites for hydroxylation is 2. The standard InChI is InChI=1S/C24H22ClFN6O2/c1-30-12-14(11-27-30)19-13-31(7-8-34-19)21-10-17-23(28-20-3-2-6-32(20)24(17)33)22(29-21)16-5-4-15(25)9-18(16)26/h4-5,9-12,19H,2-3,6-8,13H2,1H3. The SMILES string of the molecule is Cn1cc(C2CN(c3cc4c(=O)n5c(nc4c(-c4ccc(Cl)cc4F)n3)CCC5)CCO2)cn1. The van der Waals surface area contributed by atoms with Crippen molar-refractivity contribution in [3.8, 4) is 11.3 Å². The van der Waals surface area contributed by atoms with Gasteiger partial charge in [0.1, 0.15) is 34.8 Å². The van der Waals surface area contributed by atoms with Crippen molar-refractivity contribution in [1.82, 2.24) is 24.3 Å². The fourth-order valence-corrected chi connectivity index (χ4v) is 4.93. The number of fused-ring (bicyclic) bond motifs is 2. The van der Waals surface area contributed by atoms with E-state index in [2.05, 4.69) is 10.00 Å². The molecule has 34 heavy (non-hydrogen) atoms. The average molecular weight is 481 g/mol. The first kappa shape index (κ1) is 21.2. The van der Waals surface area contributed by atoms with Gasteiger partial charge in [0, 0.05) is 55.4 Å². The van der Waals surface area contributed by atoms with E-state index in [4.69, 9.17) is 26.3 Å². The van der Waals surface area contributed by atoms with Crippen LogP contribution in [-0.4, -0.2) is 44.0 Å². The van der Waals surface area contributed by atoms with E-state index >= 15 is 4.39 Å². The van der Waals surface area contributed by atoms with Crippen molar-refractivity contribution in [2.45, 2.75) is 25.5 Å². The highest BCUT2D eigenvalue weighted by molar-refractivity contribution is 6.30. The summed E-state index contributed by atoms with van der Waals surface area (Å²) in [4.78, 5) is 25.1. The summed E-state index contributed by atoms with van der Waals surface area (Å²) in [6.45, 7) is 2.26. The van der Waals surface area contributed by atoms with Crippen LogP contribution in [0, 0.1) is 5.82 Å². The van der Waals surface area contributed by atoms with E-state index in [1.54, 1.807) is 33.6 Å². The fourth-order valence-electron chi connectivity index (χ4n) is 4.77. The quantitative estimate of drug-likeness (QED) is 0.446. The predicted octanol–water partition coefficient (Wildman–Crippen LogP) is 3.51. The molecule has 0 amide bonds. The van der Waals surface area contributed by atoms with E-state index in [0.717, 1.165) is 12.0 Å². The van der Waals surface area contributed by atoms with E-state index in [0.29, 0.717) is 65.9 Å². The molecule has 1 fully saturated rings. The third kappa shape index (κ3) is 3.56. The highest BCUT2D eigenvalue weighted by Gasteiger charge is 2.27. The van der Waals surface area contributed by atoms with Crippen LogP contribution < -0.4 is 10.5 Å². The Morgan fingerprint density at radius 2 is 2.09 bits per heavy atom. The highest BCUT2D eigenvalue weighted by atomic mass is 35.5. The number of hydrogen-bond acceptors (Lipinski definition) is 6. The van der Waals surface area contributed by atoms with Gasteiger partial charge in [-0.25, -0.2) is 14.4 Å². The lowest BCUT2D eigenvalue weighted by molar-refractivity contribution is 0.0395. The minimum atomic E-state index is -0.504. The molecule has 0 saturated carbocycles. The number of morpholine rings is 1. The number of aromatic nitrogens is 5. The summed E-state index contributed by atoms with van der Waals surface area (Å²) < 4.78 is 24.4. The topological polar surface area (TPSA) is 78.1 Å². The Kier molecular flexibility index (Phi) is 5.11. The van der Waals surface area contributed by atoms with Crippen LogP contribution in [0.4, 0.5) is 10.2 Å². The summed E-state index contributed by atoms with van der Waals surface area (Å²) in [6, 6.07) is 6.24. The molecule has 8 nitrogen and oxygen atoms in total. The highest BCUT2D eigenvalue weighted by Crippen LogP contribution is 2.33. The molecule has 2 aliphatic heterocycles. The van der Waals surface area contributed by atoms with Crippen molar-refractivity contribution in [2.24, 2.45) is 7.05 Å². The lowest BCUT2D eigenvalue weighted by Gasteiger charge is -2.33. The van der Waals surface area contributed by atoms with Gasteiger partial charge in [0.15, 0.2) is 0 Å². The molecule has 1 unspecified atom stereocenters. The Balaban J connectivity index is 1.52. The third-order valence-electron chi connectivity index (χ3n) is 6.46. The average Bonchev–Trinajstić information content (AvgIpc) is 3.48. The molecule has 2 aliphatic rings. The lowest BCUT2D eigenvalue weighted by atomic mass is 10.1. The molecule has 6 rings (SSSR count). The van der Waals surface area contributed by atoms with Crippen molar-refractivity contribution in [3.05, 3.63) is 69.2 Å². The number of hydrogen-bond donors (Lipinski definition) is 0. The van der Waals surface area contributed by atoms with Crippen molar-refractivity contribution in [1.29, 1.82) is 0 Å². The van der Waals surface area contributed by atoms with Gasteiger partial charge in [0.05, 0.1) is 18.2 Å². The number of benzene rings is 1. The minimum Gasteiger partial charge on any atom is -0.370 e. The summed E-state index contributed by atoms with van der Waals surface area (Å²) in [5.74, 6) is 0.799. The third-order valence-corrected chi connectivity index (χ3v) is 6.70. The van der Waals surface area contributed by atoms with Gasteiger partial charge in [-0.3, -0.25) is 14.0 Å². The molecule has 0 aliphatic carbocycles. The second kappa shape index (κ2) is 8.18. The second-order valence-electron chi connectivity index (χ2n) is 8.69. The van der Waals surface area contributed by atoms with Gasteiger partial charge in [-0.05, 0) is 30.7 Å². The van der Waals surface area contributed by atoms with Crippen LogP contribution >= 0.6 is 11.6 Å². The first-order valence-corrected chi connectivity index (χ1v) is 11.6. The summed E-state index contributed by atoms with van der Waals surface area (Å²) in [5.41, 5.74) is 1.88. The van der Waals surface area contributed by atoms with Crippen LogP contribution in [0.15, 0.2) is 41.5 Å². The number of anilines is 1. The van der Waals surface area contributed by atoms with Crippen LogP contribution in [0.1, 0.15) is 23.9 Å². The van der Waals surface area contributed by atoms with E-state index < -0.39 is 5.82 Å². The van der Waals surface area contributed by atoms with Crippen LogP contribution in [0.25, 0.3) is 22.2 Å². The Morgan fingerprint density at radius 3 is 2.88 bits per heavy atom. The van der Waals surface area contributed by atoms with Crippen molar-refractivity contribution < 1.29 is 9.13 Å². The number of pyridine rings is 1. The Hall–Kier alpha value is -3.30. The van der Waals surface area contributed by atoms with E-state index in [9.17, 15) is 4.79 Å². The summed E-state index contributed by atoms with van der Waals surface area (Å²) in [6.07, 6.45) is 5.10. The molecule has 0 N–H and O–H groups in total. The number of halogens is 2. The Labute approximate surface area is 199 Å². The molecule has 0 spiro atoms. The molecule has 1 atom stereocenters. The van der Waals surface area contributed by atoms with Gasteiger partial charge in [0.25, 0.3) is 5.56 Å². The minimum absolute atomic E-state index is 0.117. The van der Waals surface area contributed by atoms with Crippen LogP contribution in [0.3, 0.4) is 0 Å². The zero-order valence-corrected chi connectivity index (χ0v) is 19.3. The van der Waals surface area contributed by atoms with Gasteiger partial charge in [-0.2, -0.15) is 5.10 Å². The Morgan fingerprint density at radius 1 is 1.21 bits per heavy atom.